The first kappa shape index (κ1) is 16.8. The summed E-state index contributed by atoms with van der Waals surface area (Å²) in [7, 11) is -4.16. The van der Waals surface area contributed by atoms with Crippen molar-refractivity contribution in [3.8, 4) is 0 Å². The Hall–Kier alpha value is -2.03. The van der Waals surface area contributed by atoms with E-state index in [0.717, 1.165) is 22.0 Å². The van der Waals surface area contributed by atoms with Crippen LogP contribution in [0, 0.1) is 11.6 Å². The molecule has 0 radical (unpaired) electrons. The summed E-state index contributed by atoms with van der Waals surface area (Å²) in [6.45, 7) is 0.00530. The first-order valence-electron chi connectivity index (χ1n) is 6.95. The molecule has 0 aliphatic rings. The van der Waals surface area contributed by atoms with E-state index in [1.165, 1.54) is 17.6 Å². The predicted octanol–water partition coefficient (Wildman–Crippen LogP) is 4.01. The van der Waals surface area contributed by atoms with Crippen molar-refractivity contribution in [2.45, 2.75) is 18.0 Å². The van der Waals surface area contributed by atoms with Crippen molar-refractivity contribution in [1.82, 2.24) is 4.31 Å². The molecule has 0 saturated carbocycles. The van der Waals surface area contributed by atoms with E-state index < -0.39 is 26.6 Å². The molecule has 2 aromatic heterocycles. The van der Waals surface area contributed by atoms with Crippen LogP contribution in [0.25, 0.3) is 0 Å². The second-order valence-electron chi connectivity index (χ2n) is 5.06. The van der Waals surface area contributed by atoms with Crippen LogP contribution in [-0.4, -0.2) is 12.7 Å². The number of halogens is 2. The van der Waals surface area contributed by atoms with E-state index in [4.69, 9.17) is 4.42 Å². The molecule has 3 rings (SSSR count). The molecule has 0 unspecified atom stereocenters. The Balaban J connectivity index is 1.99. The lowest BCUT2D eigenvalue weighted by Gasteiger charge is -2.21. The second kappa shape index (κ2) is 6.84. The van der Waals surface area contributed by atoms with Gasteiger partial charge >= 0.3 is 0 Å². The van der Waals surface area contributed by atoms with Crippen LogP contribution < -0.4 is 0 Å². The Kier molecular flexibility index (Phi) is 4.79. The van der Waals surface area contributed by atoms with Crippen molar-refractivity contribution in [1.29, 1.82) is 0 Å². The van der Waals surface area contributed by atoms with E-state index in [-0.39, 0.29) is 13.1 Å². The summed E-state index contributed by atoms with van der Waals surface area (Å²) < 4.78 is 59.1. The first-order valence-corrected chi connectivity index (χ1v) is 9.34. The Morgan fingerprint density at radius 2 is 1.96 bits per heavy atom. The number of hydrogen-bond acceptors (Lipinski definition) is 4. The van der Waals surface area contributed by atoms with Gasteiger partial charge in [-0.1, -0.05) is 0 Å². The molecule has 2 heterocycles. The molecule has 0 saturated heterocycles. The normalized spacial score (nSPS) is 12.0. The second-order valence-corrected chi connectivity index (χ2v) is 7.75. The van der Waals surface area contributed by atoms with Crippen molar-refractivity contribution in [3.63, 3.8) is 0 Å². The summed E-state index contributed by atoms with van der Waals surface area (Å²) >= 11 is 1.43. The first-order chi connectivity index (χ1) is 11.5. The quantitative estimate of drug-likeness (QED) is 0.660. The monoisotopic (exact) mass is 369 g/mol. The number of benzene rings is 1. The molecular formula is C16H13F2NO3S2. The lowest BCUT2D eigenvalue weighted by Crippen LogP contribution is -2.30. The van der Waals surface area contributed by atoms with E-state index in [2.05, 4.69) is 0 Å². The van der Waals surface area contributed by atoms with Gasteiger partial charge in [-0.25, -0.2) is 17.2 Å². The smallest absolute Gasteiger partial charge is 0.246 e. The molecule has 0 fully saturated rings. The van der Waals surface area contributed by atoms with Gasteiger partial charge in [0.25, 0.3) is 0 Å². The molecule has 0 spiro atoms. The maximum atomic E-state index is 14.0. The minimum absolute atomic E-state index is 0.0536. The van der Waals surface area contributed by atoms with E-state index in [1.54, 1.807) is 18.2 Å². The zero-order chi connectivity index (χ0) is 17.2. The van der Waals surface area contributed by atoms with Crippen LogP contribution in [0.5, 0.6) is 0 Å². The predicted molar refractivity (Wildman–Crippen MR) is 85.8 cm³/mol. The van der Waals surface area contributed by atoms with Gasteiger partial charge < -0.3 is 4.42 Å². The molecule has 0 amide bonds. The number of hydrogen-bond donors (Lipinski definition) is 0. The SMILES string of the molecule is O=S(=O)(c1ccc(F)cc1F)N(Cc1ccsc1)Cc1ccco1. The van der Waals surface area contributed by atoms with Crippen molar-refractivity contribution in [2.24, 2.45) is 0 Å². The van der Waals surface area contributed by atoms with Crippen LogP contribution in [0.1, 0.15) is 11.3 Å². The maximum absolute atomic E-state index is 14.0. The number of sulfonamides is 1. The zero-order valence-electron chi connectivity index (χ0n) is 12.4. The van der Waals surface area contributed by atoms with Crippen LogP contribution in [0.3, 0.4) is 0 Å². The molecule has 0 bridgehead atoms. The zero-order valence-corrected chi connectivity index (χ0v) is 14.0. The van der Waals surface area contributed by atoms with Crippen LogP contribution >= 0.6 is 11.3 Å². The van der Waals surface area contributed by atoms with Gasteiger partial charge in [-0.3, -0.25) is 0 Å². The highest BCUT2D eigenvalue weighted by atomic mass is 32.2. The number of thiophene rings is 1. The van der Waals surface area contributed by atoms with Crippen molar-refractivity contribution in [3.05, 3.63) is 76.4 Å². The molecule has 0 atom stereocenters. The van der Waals surface area contributed by atoms with Crippen LogP contribution in [0.4, 0.5) is 8.78 Å². The molecule has 1 aromatic carbocycles. The largest absolute Gasteiger partial charge is 0.468 e. The summed E-state index contributed by atoms with van der Waals surface area (Å²) in [4.78, 5) is -0.564. The third-order valence-electron chi connectivity index (χ3n) is 3.36. The molecule has 8 heteroatoms. The highest BCUT2D eigenvalue weighted by molar-refractivity contribution is 7.89. The molecule has 0 aliphatic heterocycles. The number of furan rings is 1. The van der Waals surface area contributed by atoms with Gasteiger partial charge in [-0.05, 0) is 46.7 Å². The molecular weight excluding hydrogens is 356 g/mol. The summed E-state index contributed by atoms with van der Waals surface area (Å²) in [6.07, 6.45) is 1.43. The summed E-state index contributed by atoms with van der Waals surface area (Å²) in [5.74, 6) is -1.53. The van der Waals surface area contributed by atoms with Gasteiger partial charge in [0.2, 0.25) is 10.0 Å². The van der Waals surface area contributed by atoms with Gasteiger partial charge in [0.05, 0.1) is 12.8 Å². The molecule has 4 nitrogen and oxygen atoms in total. The summed E-state index contributed by atoms with van der Waals surface area (Å²) in [5.41, 5.74) is 0.776. The fourth-order valence-corrected chi connectivity index (χ4v) is 4.31. The average molecular weight is 369 g/mol. The molecule has 126 valence electrons. The van der Waals surface area contributed by atoms with E-state index in [1.807, 2.05) is 10.8 Å². The van der Waals surface area contributed by atoms with Crippen LogP contribution in [0.2, 0.25) is 0 Å². The van der Waals surface area contributed by atoms with Crippen molar-refractivity contribution >= 4 is 21.4 Å². The highest BCUT2D eigenvalue weighted by Crippen LogP contribution is 2.24. The van der Waals surface area contributed by atoms with Gasteiger partial charge in [0.1, 0.15) is 22.3 Å². The fourth-order valence-electron chi connectivity index (χ4n) is 2.21. The molecule has 3 aromatic rings. The minimum atomic E-state index is -4.16. The number of nitrogens with zero attached hydrogens (tertiary/aromatic N) is 1. The Bertz CT molecular complexity index is 871. The van der Waals surface area contributed by atoms with Gasteiger partial charge in [-0.15, -0.1) is 0 Å². The topological polar surface area (TPSA) is 50.5 Å². The van der Waals surface area contributed by atoms with Gasteiger partial charge in [-0.2, -0.15) is 15.6 Å². The Morgan fingerprint density at radius 1 is 1.12 bits per heavy atom. The molecule has 0 N–H and O–H groups in total. The minimum Gasteiger partial charge on any atom is -0.468 e. The lowest BCUT2D eigenvalue weighted by molar-refractivity contribution is 0.357. The lowest BCUT2D eigenvalue weighted by atomic mass is 10.3. The third-order valence-corrected chi connectivity index (χ3v) is 5.92. The van der Waals surface area contributed by atoms with Gasteiger partial charge in [0.15, 0.2) is 0 Å². The van der Waals surface area contributed by atoms with Gasteiger partial charge in [0, 0.05) is 12.6 Å². The average Bonchev–Trinajstić information content (AvgIpc) is 3.19. The number of rotatable bonds is 6. The summed E-state index contributed by atoms with van der Waals surface area (Å²) in [6, 6.07) is 7.48. The Labute approximate surface area is 142 Å². The van der Waals surface area contributed by atoms with E-state index in [0.29, 0.717) is 11.8 Å². The van der Waals surface area contributed by atoms with Crippen molar-refractivity contribution < 1.29 is 21.6 Å². The standard InChI is InChI=1S/C16H13F2NO3S2/c17-13-3-4-16(15(18)8-13)24(20,21)19(9-12-5-7-23-11-12)10-14-2-1-6-22-14/h1-8,11H,9-10H2. The van der Waals surface area contributed by atoms with Crippen LogP contribution in [0.15, 0.2) is 62.7 Å². The Morgan fingerprint density at radius 3 is 2.58 bits per heavy atom. The van der Waals surface area contributed by atoms with E-state index >= 15 is 0 Å². The summed E-state index contributed by atoms with van der Waals surface area (Å²) in [5, 5.41) is 3.64. The maximum Gasteiger partial charge on any atom is 0.246 e. The molecule has 0 aliphatic carbocycles. The fraction of sp³-hybridized carbons (Fsp3) is 0.125. The van der Waals surface area contributed by atoms with Crippen LogP contribution in [-0.2, 0) is 23.1 Å². The highest BCUT2D eigenvalue weighted by Gasteiger charge is 2.29. The van der Waals surface area contributed by atoms with Crippen molar-refractivity contribution in [2.75, 3.05) is 0 Å². The third kappa shape index (κ3) is 3.55. The molecule has 24 heavy (non-hydrogen) atoms. The van der Waals surface area contributed by atoms with E-state index in [9.17, 15) is 17.2 Å².